The van der Waals surface area contributed by atoms with E-state index in [0.717, 1.165) is 0 Å². The Kier molecular flexibility index (Phi) is 5.14. The van der Waals surface area contributed by atoms with Crippen LogP contribution in [0.4, 0.5) is 0 Å². The first-order valence-electron chi connectivity index (χ1n) is 5.66. The summed E-state index contributed by atoms with van der Waals surface area (Å²) in [7, 11) is 0. The highest BCUT2D eigenvalue weighted by Gasteiger charge is 2.19. The summed E-state index contributed by atoms with van der Waals surface area (Å²) >= 11 is 6.90. The van der Waals surface area contributed by atoms with E-state index in [1.165, 1.54) is 23.5 Å². The van der Waals surface area contributed by atoms with Crippen molar-refractivity contribution in [3.8, 4) is 0 Å². The molecule has 1 heterocycles. The number of nitrogens with one attached hydrogen (secondary N) is 1. The fourth-order valence-electron chi connectivity index (χ4n) is 1.22. The minimum Gasteiger partial charge on any atom is -0.479 e. The third kappa shape index (κ3) is 5.44. The highest BCUT2D eigenvalue weighted by atomic mass is 35.5. The van der Waals surface area contributed by atoms with Crippen molar-refractivity contribution < 1.29 is 14.7 Å². The topological polar surface area (TPSA) is 66.4 Å². The lowest BCUT2D eigenvalue weighted by Crippen LogP contribution is -2.39. The van der Waals surface area contributed by atoms with Gasteiger partial charge in [-0.3, -0.25) is 4.79 Å². The number of halogens is 1. The Hall–Kier alpha value is -1.33. The number of rotatable bonds is 4. The molecule has 1 atom stereocenters. The molecule has 19 heavy (non-hydrogen) atoms. The number of carboxylic acids is 1. The molecule has 1 aromatic rings. The molecule has 2 N–H and O–H groups in total. The molecule has 6 heteroatoms. The maximum atomic E-state index is 11.8. The second-order valence-corrected chi connectivity index (χ2v) is 6.49. The zero-order valence-corrected chi connectivity index (χ0v) is 12.5. The van der Waals surface area contributed by atoms with Crippen LogP contribution in [0.15, 0.2) is 23.6 Å². The predicted octanol–water partition coefficient (Wildman–Crippen LogP) is 3.19. The largest absolute Gasteiger partial charge is 0.479 e. The van der Waals surface area contributed by atoms with E-state index in [2.05, 4.69) is 5.32 Å². The normalized spacial score (nSPS) is 13.5. The lowest BCUT2D eigenvalue weighted by Gasteiger charge is -2.14. The van der Waals surface area contributed by atoms with Gasteiger partial charge in [0.05, 0.1) is 9.90 Å². The van der Waals surface area contributed by atoms with Crippen LogP contribution in [-0.2, 0) is 4.79 Å². The van der Waals surface area contributed by atoms with Crippen molar-refractivity contribution in [1.82, 2.24) is 5.32 Å². The van der Waals surface area contributed by atoms with Gasteiger partial charge >= 0.3 is 5.97 Å². The van der Waals surface area contributed by atoms with E-state index in [1.807, 2.05) is 20.8 Å². The van der Waals surface area contributed by atoms with Crippen molar-refractivity contribution in [3.05, 3.63) is 33.5 Å². The molecule has 1 rings (SSSR count). The zero-order chi connectivity index (χ0) is 14.6. The van der Waals surface area contributed by atoms with E-state index < -0.39 is 17.9 Å². The van der Waals surface area contributed by atoms with Crippen LogP contribution in [0, 0.1) is 5.41 Å². The molecule has 0 aromatic carbocycles. The predicted molar refractivity (Wildman–Crippen MR) is 76.8 cm³/mol. The molecule has 0 bridgehead atoms. The van der Waals surface area contributed by atoms with Crippen LogP contribution in [0.3, 0.4) is 0 Å². The van der Waals surface area contributed by atoms with E-state index in [0.29, 0.717) is 9.90 Å². The Balaban J connectivity index is 2.77. The average Bonchev–Trinajstić information content (AvgIpc) is 2.69. The van der Waals surface area contributed by atoms with Crippen molar-refractivity contribution in [1.29, 1.82) is 0 Å². The highest BCUT2D eigenvalue weighted by Crippen LogP contribution is 2.19. The third-order valence-corrected chi connectivity index (χ3v) is 3.41. The Bertz CT molecular complexity index is 502. The summed E-state index contributed by atoms with van der Waals surface area (Å²) in [4.78, 5) is 23.3. The SMILES string of the molecule is CC(C)(C)C=CC(NC(=O)c1cc(Cl)cs1)C(=O)O. The van der Waals surface area contributed by atoms with Crippen LogP contribution in [0.2, 0.25) is 5.02 Å². The van der Waals surface area contributed by atoms with Gasteiger partial charge in [0.2, 0.25) is 0 Å². The Morgan fingerprint density at radius 2 is 2.11 bits per heavy atom. The molecule has 0 aliphatic rings. The minimum absolute atomic E-state index is 0.148. The first-order chi connectivity index (χ1) is 8.69. The average molecular weight is 302 g/mol. The van der Waals surface area contributed by atoms with Gasteiger partial charge in [-0.15, -0.1) is 11.3 Å². The van der Waals surface area contributed by atoms with E-state index in [4.69, 9.17) is 16.7 Å². The Morgan fingerprint density at radius 1 is 1.47 bits per heavy atom. The molecule has 0 saturated heterocycles. The maximum Gasteiger partial charge on any atom is 0.330 e. The fraction of sp³-hybridized carbons (Fsp3) is 0.385. The van der Waals surface area contributed by atoms with Crippen LogP contribution in [0.5, 0.6) is 0 Å². The molecular formula is C13H16ClNO3S. The van der Waals surface area contributed by atoms with E-state index in [9.17, 15) is 9.59 Å². The Labute approximate surface area is 121 Å². The monoisotopic (exact) mass is 301 g/mol. The number of allylic oxidation sites excluding steroid dienone is 1. The van der Waals surface area contributed by atoms with Crippen molar-refractivity contribution in [3.63, 3.8) is 0 Å². The van der Waals surface area contributed by atoms with Gasteiger partial charge in [-0.25, -0.2) is 4.79 Å². The molecule has 0 radical (unpaired) electrons. The maximum absolute atomic E-state index is 11.8. The molecule has 0 saturated carbocycles. The quantitative estimate of drug-likeness (QED) is 0.839. The standard InChI is InChI=1S/C13H16ClNO3S/c1-13(2,3)5-4-9(12(17)18)15-11(16)10-6-8(14)7-19-10/h4-7,9H,1-3H3,(H,15,16)(H,17,18). The smallest absolute Gasteiger partial charge is 0.330 e. The third-order valence-electron chi connectivity index (χ3n) is 2.13. The number of aliphatic carboxylic acids is 1. The Morgan fingerprint density at radius 3 is 2.53 bits per heavy atom. The molecule has 1 unspecified atom stereocenters. The van der Waals surface area contributed by atoms with Gasteiger partial charge in [-0.2, -0.15) is 0 Å². The first kappa shape index (κ1) is 15.7. The highest BCUT2D eigenvalue weighted by molar-refractivity contribution is 7.12. The van der Waals surface area contributed by atoms with Gasteiger partial charge in [-0.05, 0) is 11.5 Å². The number of carbonyl (C=O) groups is 2. The van der Waals surface area contributed by atoms with Crippen LogP contribution < -0.4 is 5.32 Å². The van der Waals surface area contributed by atoms with Gasteiger partial charge < -0.3 is 10.4 Å². The van der Waals surface area contributed by atoms with Gasteiger partial charge in [0.25, 0.3) is 5.91 Å². The second kappa shape index (κ2) is 6.21. The van der Waals surface area contributed by atoms with Crippen LogP contribution in [0.25, 0.3) is 0 Å². The van der Waals surface area contributed by atoms with Crippen molar-refractivity contribution in [2.75, 3.05) is 0 Å². The van der Waals surface area contributed by atoms with Crippen LogP contribution >= 0.6 is 22.9 Å². The summed E-state index contributed by atoms with van der Waals surface area (Å²) in [5.74, 6) is -1.54. The van der Waals surface area contributed by atoms with Gasteiger partial charge in [0, 0.05) is 5.38 Å². The van der Waals surface area contributed by atoms with Gasteiger partial charge in [-0.1, -0.05) is 44.5 Å². The molecule has 0 spiro atoms. The summed E-state index contributed by atoms with van der Waals surface area (Å²) in [5.41, 5.74) is -0.148. The summed E-state index contributed by atoms with van der Waals surface area (Å²) in [5, 5.41) is 13.6. The summed E-state index contributed by atoms with van der Waals surface area (Å²) in [6.07, 6.45) is 3.24. The van der Waals surface area contributed by atoms with Crippen molar-refractivity contribution in [2.45, 2.75) is 26.8 Å². The lowest BCUT2D eigenvalue weighted by atomic mass is 9.95. The number of carboxylic acid groups (broad SMARTS) is 1. The summed E-state index contributed by atoms with van der Waals surface area (Å²) in [6, 6.07) is 0.459. The zero-order valence-electron chi connectivity index (χ0n) is 10.9. The number of amides is 1. The van der Waals surface area contributed by atoms with Crippen molar-refractivity contribution in [2.24, 2.45) is 5.41 Å². The van der Waals surface area contributed by atoms with Crippen molar-refractivity contribution >= 4 is 34.8 Å². The van der Waals surface area contributed by atoms with Gasteiger partial charge in [0.1, 0.15) is 6.04 Å². The molecule has 0 aliphatic carbocycles. The second-order valence-electron chi connectivity index (χ2n) is 5.14. The lowest BCUT2D eigenvalue weighted by molar-refractivity contribution is -0.137. The van der Waals surface area contributed by atoms with Crippen LogP contribution in [-0.4, -0.2) is 23.0 Å². The number of carbonyl (C=O) groups excluding carboxylic acids is 1. The molecular weight excluding hydrogens is 286 g/mol. The number of hydrogen-bond acceptors (Lipinski definition) is 3. The van der Waals surface area contributed by atoms with E-state index in [-0.39, 0.29) is 5.41 Å². The number of hydrogen-bond donors (Lipinski definition) is 2. The molecule has 4 nitrogen and oxygen atoms in total. The van der Waals surface area contributed by atoms with E-state index >= 15 is 0 Å². The molecule has 1 aromatic heterocycles. The molecule has 1 amide bonds. The van der Waals surface area contributed by atoms with Crippen LogP contribution in [0.1, 0.15) is 30.4 Å². The molecule has 0 aliphatic heterocycles. The molecule has 104 valence electrons. The van der Waals surface area contributed by atoms with Gasteiger partial charge in [0.15, 0.2) is 0 Å². The minimum atomic E-state index is -1.10. The number of thiophene rings is 1. The summed E-state index contributed by atoms with van der Waals surface area (Å²) in [6.45, 7) is 5.84. The fourth-order valence-corrected chi connectivity index (χ4v) is 2.20. The summed E-state index contributed by atoms with van der Waals surface area (Å²) < 4.78 is 0. The van der Waals surface area contributed by atoms with E-state index in [1.54, 1.807) is 11.5 Å². The first-order valence-corrected chi connectivity index (χ1v) is 6.92. The molecule has 0 fully saturated rings.